The van der Waals surface area contributed by atoms with Crippen molar-refractivity contribution in [3.63, 3.8) is 0 Å². The molecule has 0 aromatic carbocycles. The van der Waals surface area contributed by atoms with E-state index in [0.29, 0.717) is 19.3 Å². The maximum atomic E-state index is 12.4. The summed E-state index contributed by atoms with van der Waals surface area (Å²) in [6.07, 6.45) is 1.27. The van der Waals surface area contributed by atoms with Crippen LogP contribution in [0.4, 0.5) is 0 Å². The minimum absolute atomic E-state index is 0.0603. The number of carbonyl (C=O) groups excluding carboxylic acids is 1. The number of alkyl halides is 2. The van der Waals surface area contributed by atoms with Crippen molar-refractivity contribution >= 4 is 33.3 Å². The zero-order valence-electron chi connectivity index (χ0n) is 12.0. The van der Waals surface area contributed by atoms with Crippen molar-refractivity contribution in [2.24, 2.45) is 10.8 Å². The van der Waals surface area contributed by atoms with Crippen LogP contribution in [0.2, 0.25) is 0 Å². The Morgan fingerprint density at radius 1 is 1.45 bits per heavy atom. The molecular formula is C15H22BrClO3. The maximum absolute atomic E-state index is 12.4. The molecule has 0 saturated heterocycles. The zero-order valence-corrected chi connectivity index (χ0v) is 14.3. The molecule has 0 aromatic rings. The van der Waals surface area contributed by atoms with E-state index in [-0.39, 0.29) is 33.7 Å². The summed E-state index contributed by atoms with van der Waals surface area (Å²) < 4.78 is 0. The lowest BCUT2D eigenvalue weighted by Gasteiger charge is -2.58. The second-order valence-electron chi connectivity index (χ2n) is 6.85. The molecule has 1 spiro atoms. The highest BCUT2D eigenvalue weighted by atomic mass is 79.9. The Morgan fingerprint density at radius 2 is 2.05 bits per heavy atom. The predicted molar refractivity (Wildman–Crippen MR) is 83.2 cm³/mol. The van der Waals surface area contributed by atoms with Crippen LogP contribution in [0.1, 0.15) is 39.5 Å². The van der Waals surface area contributed by atoms with Gasteiger partial charge in [-0.05, 0) is 24.7 Å². The number of rotatable bonds is 1. The molecule has 2 saturated carbocycles. The first-order chi connectivity index (χ1) is 9.10. The normalized spacial score (nSPS) is 44.9. The molecule has 0 bridgehead atoms. The van der Waals surface area contributed by atoms with Crippen LogP contribution >= 0.6 is 27.5 Å². The minimum Gasteiger partial charge on any atom is -0.392 e. The molecular weight excluding hydrogens is 344 g/mol. The van der Waals surface area contributed by atoms with Gasteiger partial charge in [0.15, 0.2) is 5.78 Å². The Balaban J connectivity index is 2.40. The van der Waals surface area contributed by atoms with E-state index in [2.05, 4.69) is 36.4 Å². The summed E-state index contributed by atoms with van der Waals surface area (Å²) in [6.45, 7) is 8.24. The molecule has 5 heteroatoms. The van der Waals surface area contributed by atoms with Crippen LogP contribution in [0.15, 0.2) is 12.2 Å². The van der Waals surface area contributed by atoms with Gasteiger partial charge in [-0.3, -0.25) is 4.79 Å². The standard InChI is InChI=1S/C15H22BrClO3/c1-9-6-10(18)12(16)13(2,3)14(9)4-5-15(20,8-17)11(19)7-14/h10,12,18,20H,1,4-8H2,2-3H3/t10-,12-,14+,15+/m0/s1. The molecule has 0 aromatic heterocycles. The third kappa shape index (κ3) is 2.11. The third-order valence-corrected chi connectivity index (χ3v) is 7.76. The van der Waals surface area contributed by atoms with Gasteiger partial charge in [-0.25, -0.2) is 0 Å². The highest BCUT2D eigenvalue weighted by Crippen LogP contribution is 2.61. The monoisotopic (exact) mass is 364 g/mol. The lowest BCUT2D eigenvalue weighted by molar-refractivity contribution is -0.149. The summed E-state index contributed by atoms with van der Waals surface area (Å²) in [6, 6.07) is 0. The van der Waals surface area contributed by atoms with E-state index < -0.39 is 11.7 Å². The summed E-state index contributed by atoms with van der Waals surface area (Å²) in [5, 5.41) is 20.4. The lowest BCUT2D eigenvalue weighted by atomic mass is 9.48. The molecule has 0 amide bonds. The first-order valence-electron chi connectivity index (χ1n) is 6.93. The van der Waals surface area contributed by atoms with E-state index >= 15 is 0 Å². The van der Waals surface area contributed by atoms with E-state index in [4.69, 9.17) is 11.6 Å². The molecule has 2 fully saturated rings. The second-order valence-corrected chi connectivity index (χ2v) is 8.10. The van der Waals surface area contributed by atoms with E-state index in [0.717, 1.165) is 5.57 Å². The van der Waals surface area contributed by atoms with Gasteiger partial charge in [0.1, 0.15) is 5.60 Å². The first kappa shape index (κ1) is 16.5. The maximum Gasteiger partial charge on any atom is 0.166 e. The Bertz CT molecular complexity index is 450. The van der Waals surface area contributed by atoms with Gasteiger partial charge in [-0.1, -0.05) is 41.9 Å². The Kier molecular flexibility index (Phi) is 4.18. The average molecular weight is 366 g/mol. The fraction of sp³-hybridized carbons (Fsp3) is 0.800. The SMILES string of the molecule is C=C1C[C@H](O)[C@H](Br)C(C)(C)[C@@]12CC[C@@](O)(CCl)C(=O)C2. The number of hydrogen-bond acceptors (Lipinski definition) is 3. The van der Waals surface area contributed by atoms with E-state index in [1.165, 1.54) is 0 Å². The van der Waals surface area contributed by atoms with Gasteiger partial charge in [-0.15, -0.1) is 11.6 Å². The molecule has 2 aliphatic rings. The number of carbonyl (C=O) groups is 1. The van der Waals surface area contributed by atoms with Gasteiger partial charge in [0, 0.05) is 16.7 Å². The van der Waals surface area contributed by atoms with Crippen LogP contribution in [0.25, 0.3) is 0 Å². The van der Waals surface area contributed by atoms with Crippen molar-refractivity contribution in [3.05, 3.63) is 12.2 Å². The molecule has 0 unspecified atom stereocenters. The highest BCUT2D eigenvalue weighted by molar-refractivity contribution is 9.09. The van der Waals surface area contributed by atoms with Crippen molar-refractivity contribution in [1.29, 1.82) is 0 Å². The quantitative estimate of drug-likeness (QED) is 0.555. The molecule has 0 radical (unpaired) electrons. The fourth-order valence-corrected chi connectivity index (χ4v) is 4.74. The summed E-state index contributed by atoms with van der Waals surface area (Å²) in [7, 11) is 0. The summed E-state index contributed by atoms with van der Waals surface area (Å²) >= 11 is 9.35. The number of ketones is 1. The van der Waals surface area contributed by atoms with Crippen molar-refractivity contribution in [1.82, 2.24) is 0 Å². The molecule has 3 nitrogen and oxygen atoms in total. The Hall–Kier alpha value is 0.1000. The molecule has 0 aliphatic heterocycles. The van der Waals surface area contributed by atoms with Gasteiger partial charge in [0.25, 0.3) is 0 Å². The van der Waals surface area contributed by atoms with Gasteiger partial charge < -0.3 is 10.2 Å². The van der Waals surface area contributed by atoms with Gasteiger partial charge in [-0.2, -0.15) is 0 Å². The van der Waals surface area contributed by atoms with Crippen molar-refractivity contribution in [2.75, 3.05) is 5.88 Å². The molecule has 20 heavy (non-hydrogen) atoms. The summed E-state index contributed by atoms with van der Waals surface area (Å²) in [5.41, 5.74) is -1.18. The number of aliphatic hydroxyl groups is 2. The molecule has 2 aliphatic carbocycles. The third-order valence-electron chi connectivity index (χ3n) is 5.56. The smallest absolute Gasteiger partial charge is 0.166 e. The topological polar surface area (TPSA) is 57.5 Å². The van der Waals surface area contributed by atoms with E-state index in [9.17, 15) is 15.0 Å². The van der Waals surface area contributed by atoms with Gasteiger partial charge >= 0.3 is 0 Å². The van der Waals surface area contributed by atoms with Crippen molar-refractivity contribution in [2.45, 2.75) is 56.1 Å². The second kappa shape index (κ2) is 5.08. The van der Waals surface area contributed by atoms with Crippen LogP contribution in [0.3, 0.4) is 0 Å². The molecule has 2 N–H and O–H groups in total. The zero-order chi connectivity index (χ0) is 15.3. The number of hydrogen-bond donors (Lipinski definition) is 2. The van der Waals surface area contributed by atoms with Crippen molar-refractivity contribution in [3.8, 4) is 0 Å². The lowest BCUT2D eigenvalue weighted by Crippen LogP contribution is -2.59. The number of aliphatic hydroxyl groups excluding tert-OH is 1. The molecule has 2 rings (SSSR count). The first-order valence-corrected chi connectivity index (χ1v) is 8.38. The van der Waals surface area contributed by atoms with E-state index in [1.54, 1.807) is 0 Å². The number of halogens is 2. The Labute approximate surface area is 133 Å². The van der Waals surface area contributed by atoms with Crippen LogP contribution < -0.4 is 0 Å². The van der Waals surface area contributed by atoms with E-state index in [1.807, 2.05) is 0 Å². The van der Waals surface area contributed by atoms with Gasteiger partial charge in [0.05, 0.1) is 12.0 Å². The van der Waals surface area contributed by atoms with Crippen LogP contribution in [0, 0.1) is 10.8 Å². The largest absolute Gasteiger partial charge is 0.392 e. The Morgan fingerprint density at radius 3 is 2.55 bits per heavy atom. The van der Waals surface area contributed by atoms with Crippen molar-refractivity contribution < 1.29 is 15.0 Å². The summed E-state index contributed by atoms with van der Waals surface area (Å²) in [4.78, 5) is 12.3. The summed E-state index contributed by atoms with van der Waals surface area (Å²) in [5.74, 6) is -0.265. The van der Waals surface area contributed by atoms with Crippen LogP contribution in [-0.2, 0) is 4.79 Å². The highest BCUT2D eigenvalue weighted by Gasteiger charge is 2.60. The van der Waals surface area contributed by atoms with Crippen LogP contribution in [0.5, 0.6) is 0 Å². The molecule has 114 valence electrons. The average Bonchev–Trinajstić information content (AvgIpc) is 2.39. The fourth-order valence-electron chi connectivity index (χ4n) is 3.83. The van der Waals surface area contributed by atoms with Crippen LogP contribution in [-0.4, -0.2) is 38.4 Å². The predicted octanol–water partition coefficient (Wildman–Crippen LogP) is 2.81. The number of Topliss-reactive ketones (excluding diaryl/α,β-unsaturated/α-hetero) is 1. The molecule has 4 atom stereocenters. The minimum atomic E-state index is -1.40. The molecule has 0 heterocycles. The van der Waals surface area contributed by atoms with Gasteiger partial charge in [0.2, 0.25) is 0 Å².